The molecule has 0 aliphatic carbocycles. The monoisotopic (exact) mass is 383 g/mol. The minimum Gasteiger partial charge on any atom is -0.366 e. The average molecular weight is 384 g/mol. The summed E-state index contributed by atoms with van der Waals surface area (Å²) in [5.74, 6) is 1.02. The van der Waals surface area contributed by atoms with Gasteiger partial charge >= 0.3 is 0 Å². The fourth-order valence-electron chi connectivity index (χ4n) is 3.26. The maximum Gasteiger partial charge on any atom is 0.241 e. The number of aryl methyl sites for hydroxylation is 1. The Hall–Kier alpha value is -2.34. The largest absolute Gasteiger partial charge is 0.366 e. The minimum absolute atomic E-state index is 0.111. The first-order valence-electron chi connectivity index (χ1n) is 7.91. The summed E-state index contributed by atoms with van der Waals surface area (Å²) in [6.07, 6.45) is 0.890. The second-order valence-electron chi connectivity index (χ2n) is 6.15. The van der Waals surface area contributed by atoms with Gasteiger partial charge in [0.25, 0.3) is 0 Å². The molecular formula is C18H18BrN5. The average Bonchev–Trinajstić information content (AvgIpc) is 2.94. The van der Waals surface area contributed by atoms with Crippen LogP contribution in [0.15, 0.2) is 53.0 Å². The number of hydrogen-bond acceptors (Lipinski definition) is 4. The third-order valence-corrected chi connectivity index (χ3v) is 4.93. The number of nitrogens with one attached hydrogen (secondary N) is 1. The van der Waals surface area contributed by atoms with Gasteiger partial charge in [-0.25, -0.2) is 4.68 Å². The summed E-state index contributed by atoms with van der Waals surface area (Å²) in [4.78, 5) is 4.35. The number of anilines is 2. The summed E-state index contributed by atoms with van der Waals surface area (Å²) in [5.41, 5.74) is 9.53. The van der Waals surface area contributed by atoms with E-state index in [1.807, 2.05) is 4.68 Å². The van der Waals surface area contributed by atoms with Crippen LogP contribution in [-0.4, -0.2) is 14.8 Å². The molecule has 24 heavy (non-hydrogen) atoms. The van der Waals surface area contributed by atoms with Crippen LogP contribution in [0.3, 0.4) is 0 Å². The Kier molecular flexibility index (Phi) is 3.76. The van der Waals surface area contributed by atoms with E-state index in [9.17, 15) is 0 Å². The van der Waals surface area contributed by atoms with Gasteiger partial charge in [-0.3, -0.25) is 0 Å². The highest BCUT2D eigenvalue weighted by molar-refractivity contribution is 9.10. The number of fused-ring (bicyclic) bond motifs is 1. The smallest absolute Gasteiger partial charge is 0.241 e. The van der Waals surface area contributed by atoms with E-state index in [1.54, 1.807) is 0 Å². The van der Waals surface area contributed by atoms with E-state index in [0.29, 0.717) is 5.95 Å². The van der Waals surface area contributed by atoms with Crippen molar-refractivity contribution in [2.24, 2.45) is 0 Å². The van der Waals surface area contributed by atoms with Crippen molar-refractivity contribution in [1.29, 1.82) is 0 Å². The Balaban J connectivity index is 1.76. The Bertz CT molecular complexity index is 871. The van der Waals surface area contributed by atoms with E-state index in [-0.39, 0.29) is 12.1 Å². The molecule has 3 aromatic rings. The lowest BCUT2D eigenvalue weighted by molar-refractivity contribution is 0.431. The highest BCUT2D eigenvalue weighted by atomic mass is 79.9. The van der Waals surface area contributed by atoms with Gasteiger partial charge in [0.05, 0.1) is 12.1 Å². The second kappa shape index (κ2) is 5.94. The van der Waals surface area contributed by atoms with Crippen LogP contribution in [0.1, 0.15) is 35.2 Å². The number of aromatic nitrogens is 3. The SMILES string of the molecule is Cc1cccc([C@H]2C[C@@H](c3ccc(Br)cc3)Nc3nc(N)nn32)c1. The van der Waals surface area contributed by atoms with Crippen LogP contribution in [0.4, 0.5) is 11.9 Å². The molecule has 3 N–H and O–H groups in total. The van der Waals surface area contributed by atoms with E-state index < -0.39 is 0 Å². The molecule has 0 fully saturated rings. The summed E-state index contributed by atoms with van der Waals surface area (Å²) >= 11 is 3.49. The van der Waals surface area contributed by atoms with E-state index in [1.165, 1.54) is 16.7 Å². The molecule has 2 aromatic carbocycles. The number of nitrogens with zero attached hydrogens (tertiary/aromatic N) is 3. The fourth-order valence-corrected chi connectivity index (χ4v) is 3.53. The number of hydrogen-bond donors (Lipinski definition) is 2. The number of nitrogens with two attached hydrogens (primary N) is 1. The van der Waals surface area contributed by atoms with E-state index in [0.717, 1.165) is 16.8 Å². The highest BCUT2D eigenvalue weighted by Gasteiger charge is 2.30. The van der Waals surface area contributed by atoms with Gasteiger partial charge in [-0.1, -0.05) is 57.9 Å². The fraction of sp³-hybridized carbons (Fsp3) is 0.222. The Labute approximate surface area is 149 Å². The van der Waals surface area contributed by atoms with Crippen LogP contribution in [0.2, 0.25) is 0 Å². The minimum atomic E-state index is 0.111. The van der Waals surface area contributed by atoms with Crippen molar-refractivity contribution in [1.82, 2.24) is 14.8 Å². The zero-order valence-electron chi connectivity index (χ0n) is 13.3. The molecule has 0 saturated heterocycles. The van der Waals surface area contributed by atoms with Gasteiger partial charge in [0, 0.05) is 4.47 Å². The molecule has 1 aliphatic heterocycles. The van der Waals surface area contributed by atoms with Crippen LogP contribution in [0, 0.1) is 6.92 Å². The number of benzene rings is 2. The summed E-state index contributed by atoms with van der Waals surface area (Å²) in [7, 11) is 0. The van der Waals surface area contributed by atoms with Gasteiger partial charge in [-0.05, 0) is 36.6 Å². The molecular weight excluding hydrogens is 366 g/mol. The molecule has 0 bridgehead atoms. The van der Waals surface area contributed by atoms with Crippen LogP contribution < -0.4 is 11.1 Å². The van der Waals surface area contributed by atoms with Crippen molar-refractivity contribution in [3.05, 3.63) is 69.7 Å². The van der Waals surface area contributed by atoms with Crippen LogP contribution in [0.25, 0.3) is 0 Å². The first kappa shape index (κ1) is 15.2. The van der Waals surface area contributed by atoms with Gasteiger partial charge in [-0.2, -0.15) is 4.98 Å². The Morgan fingerprint density at radius 2 is 1.96 bits per heavy atom. The van der Waals surface area contributed by atoms with E-state index in [4.69, 9.17) is 5.73 Å². The molecule has 0 radical (unpaired) electrons. The summed E-state index contributed by atoms with van der Waals surface area (Å²) in [5, 5.41) is 7.86. The topological polar surface area (TPSA) is 68.8 Å². The first-order valence-corrected chi connectivity index (χ1v) is 8.70. The predicted molar refractivity (Wildman–Crippen MR) is 98.9 cm³/mol. The molecule has 6 heteroatoms. The maximum atomic E-state index is 5.84. The number of rotatable bonds is 2. The zero-order chi connectivity index (χ0) is 16.7. The van der Waals surface area contributed by atoms with E-state index >= 15 is 0 Å². The predicted octanol–water partition coefficient (Wildman–Crippen LogP) is 4.08. The lowest BCUT2D eigenvalue weighted by atomic mass is 9.93. The molecule has 4 rings (SSSR count). The van der Waals surface area contributed by atoms with Crippen molar-refractivity contribution in [2.75, 3.05) is 11.1 Å². The van der Waals surface area contributed by atoms with E-state index in [2.05, 4.69) is 86.8 Å². The molecule has 2 atom stereocenters. The first-order chi connectivity index (χ1) is 11.6. The third kappa shape index (κ3) is 2.78. The van der Waals surface area contributed by atoms with Gasteiger partial charge in [0.15, 0.2) is 0 Å². The molecule has 0 spiro atoms. The van der Waals surface area contributed by atoms with Crippen molar-refractivity contribution in [3.8, 4) is 0 Å². The Morgan fingerprint density at radius 3 is 2.71 bits per heavy atom. The van der Waals surface area contributed by atoms with Crippen molar-refractivity contribution < 1.29 is 0 Å². The molecule has 5 nitrogen and oxygen atoms in total. The van der Waals surface area contributed by atoms with Gasteiger partial charge in [-0.15, -0.1) is 5.10 Å². The summed E-state index contributed by atoms with van der Waals surface area (Å²) in [6.45, 7) is 2.10. The van der Waals surface area contributed by atoms with Crippen LogP contribution >= 0.6 is 15.9 Å². The molecule has 0 saturated carbocycles. The number of nitrogen functional groups attached to an aromatic ring is 1. The normalized spacial score (nSPS) is 19.6. The highest BCUT2D eigenvalue weighted by Crippen LogP contribution is 2.38. The number of halogens is 1. The molecule has 0 amide bonds. The van der Waals surface area contributed by atoms with Gasteiger partial charge in [0.1, 0.15) is 0 Å². The maximum absolute atomic E-state index is 5.84. The molecule has 1 aliphatic rings. The van der Waals surface area contributed by atoms with Crippen molar-refractivity contribution >= 4 is 27.8 Å². The molecule has 0 unspecified atom stereocenters. The lowest BCUT2D eigenvalue weighted by Gasteiger charge is -2.31. The lowest BCUT2D eigenvalue weighted by Crippen LogP contribution is -2.28. The third-order valence-electron chi connectivity index (χ3n) is 4.40. The van der Waals surface area contributed by atoms with Crippen LogP contribution in [0.5, 0.6) is 0 Å². The van der Waals surface area contributed by atoms with Crippen LogP contribution in [-0.2, 0) is 0 Å². The van der Waals surface area contributed by atoms with Gasteiger partial charge in [0.2, 0.25) is 11.9 Å². The van der Waals surface area contributed by atoms with Gasteiger partial charge < -0.3 is 11.1 Å². The molecule has 2 heterocycles. The molecule has 1 aromatic heterocycles. The summed E-state index contributed by atoms with van der Waals surface area (Å²) < 4.78 is 2.98. The zero-order valence-corrected chi connectivity index (χ0v) is 14.9. The van der Waals surface area contributed by atoms with Crippen molar-refractivity contribution in [3.63, 3.8) is 0 Å². The second-order valence-corrected chi connectivity index (χ2v) is 7.07. The Morgan fingerprint density at radius 1 is 1.17 bits per heavy atom. The quantitative estimate of drug-likeness (QED) is 0.699. The van der Waals surface area contributed by atoms with Crippen molar-refractivity contribution in [2.45, 2.75) is 25.4 Å². The molecule has 122 valence electrons. The standard InChI is InChI=1S/C18H18BrN5/c1-11-3-2-4-13(9-11)16-10-15(12-5-7-14(19)8-6-12)21-18-22-17(20)23-24(16)18/h2-9,15-16H,10H2,1H3,(H3,20,21,22,23)/t15-,16+/m0/s1. The summed E-state index contributed by atoms with van der Waals surface area (Å²) in [6, 6.07) is 17.2.